The lowest BCUT2D eigenvalue weighted by atomic mass is 9.86. The molecule has 2 aliphatic rings. The Morgan fingerprint density at radius 3 is 2.19 bits per heavy atom. The topological polar surface area (TPSA) is 12.0 Å². The zero-order valence-electron chi connectivity index (χ0n) is 14.2. The van der Waals surface area contributed by atoms with Crippen molar-refractivity contribution in [2.24, 2.45) is 5.92 Å². The third-order valence-corrected chi connectivity index (χ3v) is 3.86. The van der Waals surface area contributed by atoms with Gasteiger partial charge in [-0.25, -0.2) is 0 Å². The Bertz CT molecular complexity index is 524. The average Bonchev–Trinajstić information content (AvgIpc) is 2.83. The second-order valence-corrected chi connectivity index (χ2v) is 4.90. The predicted molar refractivity (Wildman–Crippen MR) is 95.3 cm³/mol. The molecule has 21 heavy (non-hydrogen) atoms. The molecule has 1 aliphatic heterocycles. The first-order valence-electron chi connectivity index (χ1n) is 8.01. The summed E-state index contributed by atoms with van der Waals surface area (Å²) in [5, 5.41) is 3.51. The highest BCUT2D eigenvalue weighted by Crippen LogP contribution is 2.43. The van der Waals surface area contributed by atoms with Gasteiger partial charge < -0.3 is 5.32 Å². The van der Waals surface area contributed by atoms with Crippen LogP contribution in [0.2, 0.25) is 0 Å². The van der Waals surface area contributed by atoms with Crippen LogP contribution in [-0.4, -0.2) is 13.1 Å². The molecule has 1 nitrogen and oxygen atoms in total. The van der Waals surface area contributed by atoms with Crippen molar-refractivity contribution in [2.45, 2.75) is 34.6 Å². The van der Waals surface area contributed by atoms with Gasteiger partial charge in [0.1, 0.15) is 0 Å². The van der Waals surface area contributed by atoms with E-state index in [2.05, 4.69) is 63.0 Å². The number of nitrogens with one attached hydrogen (secondary N) is 1. The number of allylic oxidation sites excluding steroid dienone is 8. The molecule has 1 fully saturated rings. The number of fused-ring (bicyclic) bond motifs is 1. The summed E-state index contributed by atoms with van der Waals surface area (Å²) in [6.07, 6.45) is 13.0. The molecule has 0 aromatic carbocycles. The molecular weight excluding hydrogens is 254 g/mol. The fraction of sp³-hybridized carbons (Fsp3) is 0.400. The third-order valence-electron chi connectivity index (χ3n) is 3.86. The first-order chi connectivity index (χ1) is 10.3. The molecule has 0 aromatic heterocycles. The molecule has 0 bridgehead atoms. The number of piperidine rings is 1. The summed E-state index contributed by atoms with van der Waals surface area (Å²) in [4.78, 5) is 0. The Kier molecular flexibility index (Phi) is 7.18. The van der Waals surface area contributed by atoms with Gasteiger partial charge in [0.25, 0.3) is 0 Å². The number of rotatable bonds is 3. The van der Waals surface area contributed by atoms with Crippen molar-refractivity contribution >= 4 is 0 Å². The van der Waals surface area contributed by atoms with E-state index in [4.69, 9.17) is 0 Å². The third kappa shape index (κ3) is 3.36. The molecule has 0 radical (unpaired) electrons. The second-order valence-electron chi connectivity index (χ2n) is 4.90. The molecule has 2 rings (SSSR count). The molecule has 0 saturated carbocycles. The van der Waals surface area contributed by atoms with E-state index < -0.39 is 0 Å². The molecule has 114 valence electrons. The molecule has 0 amide bonds. The largest absolute Gasteiger partial charge is 0.312 e. The van der Waals surface area contributed by atoms with Crippen LogP contribution >= 0.6 is 0 Å². The van der Waals surface area contributed by atoms with E-state index in [0.29, 0.717) is 5.92 Å². The maximum Gasteiger partial charge on any atom is 0.0230 e. The summed E-state index contributed by atoms with van der Waals surface area (Å²) in [7, 11) is 0. The van der Waals surface area contributed by atoms with Gasteiger partial charge in [-0.3, -0.25) is 0 Å². The van der Waals surface area contributed by atoms with Gasteiger partial charge >= 0.3 is 0 Å². The summed E-state index contributed by atoms with van der Waals surface area (Å²) in [6, 6.07) is 0. The van der Waals surface area contributed by atoms with Crippen LogP contribution in [-0.2, 0) is 0 Å². The van der Waals surface area contributed by atoms with Crippen LogP contribution in [0.3, 0.4) is 0 Å². The lowest BCUT2D eigenvalue weighted by Crippen LogP contribution is -2.33. The molecule has 0 spiro atoms. The fourth-order valence-corrected chi connectivity index (χ4v) is 3.10. The zero-order chi connectivity index (χ0) is 15.8. The molecule has 0 aromatic rings. The van der Waals surface area contributed by atoms with Crippen LogP contribution in [0, 0.1) is 5.92 Å². The van der Waals surface area contributed by atoms with Gasteiger partial charge in [0.05, 0.1) is 0 Å². The van der Waals surface area contributed by atoms with Crippen LogP contribution in [0.5, 0.6) is 0 Å². The lowest BCUT2D eigenvalue weighted by molar-refractivity contribution is 0.587. The maximum atomic E-state index is 4.02. The molecule has 1 aliphatic carbocycles. The predicted octanol–water partition coefficient (Wildman–Crippen LogP) is 5.12. The molecule has 1 atom stereocenters. The molecular formula is C20H29N. The summed E-state index contributed by atoms with van der Waals surface area (Å²) in [5.41, 5.74) is 6.96. The normalized spacial score (nSPS) is 23.9. The zero-order valence-corrected chi connectivity index (χ0v) is 14.2. The van der Waals surface area contributed by atoms with E-state index in [1.54, 1.807) is 0 Å². The number of hydrogen-bond acceptors (Lipinski definition) is 1. The van der Waals surface area contributed by atoms with Crippen molar-refractivity contribution in [2.75, 3.05) is 13.1 Å². The Morgan fingerprint density at radius 2 is 1.67 bits per heavy atom. The van der Waals surface area contributed by atoms with Gasteiger partial charge in [0.15, 0.2) is 0 Å². The average molecular weight is 283 g/mol. The molecule has 1 heterocycles. The fourth-order valence-electron chi connectivity index (χ4n) is 3.10. The highest BCUT2D eigenvalue weighted by Gasteiger charge is 2.33. The van der Waals surface area contributed by atoms with E-state index >= 15 is 0 Å². The summed E-state index contributed by atoms with van der Waals surface area (Å²) >= 11 is 0. The van der Waals surface area contributed by atoms with Crippen LogP contribution < -0.4 is 5.32 Å². The van der Waals surface area contributed by atoms with Gasteiger partial charge in [-0.2, -0.15) is 0 Å². The smallest absolute Gasteiger partial charge is 0.0230 e. The van der Waals surface area contributed by atoms with Crippen molar-refractivity contribution in [1.29, 1.82) is 0 Å². The van der Waals surface area contributed by atoms with E-state index in [-0.39, 0.29) is 0 Å². The van der Waals surface area contributed by atoms with E-state index in [0.717, 1.165) is 13.1 Å². The SMILES string of the molecule is C=CC1=C(/C=C\C)C(/C=C\C)=C2\C(=C/C)CNCC12.CC. The summed E-state index contributed by atoms with van der Waals surface area (Å²) < 4.78 is 0. The van der Waals surface area contributed by atoms with Gasteiger partial charge in [-0.05, 0) is 48.6 Å². The Balaban J connectivity index is 0.00000106. The molecule has 1 saturated heterocycles. The Hall–Kier alpha value is -1.60. The van der Waals surface area contributed by atoms with Crippen LogP contribution in [0.4, 0.5) is 0 Å². The van der Waals surface area contributed by atoms with Crippen LogP contribution in [0.1, 0.15) is 34.6 Å². The highest BCUT2D eigenvalue weighted by atomic mass is 14.9. The van der Waals surface area contributed by atoms with E-state index in [9.17, 15) is 0 Å². The van der Waals surface area contributed by atoms with E-state index in [1.807, 2.05) is 19.9 Å². The highest BCUT2D eigenvalue weighted by molar-refractivity contribution is 5.67. The van der Waals surface area contributed by atoms with Gasteiger partial charge in [-0.15, -0.1) is 0 Å². The first kappa shape index (κ1) is 17.5. The minimum absolute atomic E-state index is 0.454. The minimum atomic E-state index is 0.454. The van der Waals surface area contributed by atoms with Gasteiger partial charge in [-0.1, -0.05) is 56.9 Å². The maximum absolute atomic E-state index is 4.02. The van der Waals surface area contributed by atoms with Crippen LogP contribution in [0.25, 0.3) is 0 Å². The molecule has 1 unspecified atom stereocenters. The lowest BCUT2D eigenvalue weighted by Gasteiger charge is -2.27. The van der Waals surface area contributed by atoms with Crippen molar-refractivity contribution in [3.63, 3.8) is 0 Å². The van der Waals surface area contributed by atoms with Gasteiger partial charge in [0.2, 0.25) is 0 Å². The summed E-state index contributed by atoms with van der Waals surface area (Å²) in [6.45, 7) is 16.3. The number of hydrogen-bond donors (Lipinski definition) is 1. The Labute approximate surface area is 130 Å². The standard InChI is InChI=1S/C18H23N.C2H6/c1-5-9-15-14(8-4)17-12-19-11-13(7-3)18(17)16(15)10-6-2;1-2/h5-10,17,19H,4,11-12H2,1-3H3;1-2H3/b9-5-,10-6-,13-7-;. The molecule has 1 heteroatoms. The second kappa shape index (κ2) is 8.63. The molecule has 1 N–H and O–H groups in total. The quantitative estimate of drug-likeness (QED) is 0.757. The Morgan fingerprint density at radius 1 is 1.05 bits per heavy atom. The summed E-state index contributed by atoms with van der Waals surface area (Å²) in [5.74, 6) is 0.454. The van der Waals surface area contributed by atoms with Gasteiger partial charge in [0, 0.05) is 19.0 Å². The van der Waals surface area contributed by atoms with Crippen molar-refractivity contribution in [3.05, 3.63) is 70.9 Å². The monoisotopic (exact) mass is 283 g/mol. The van der Waals surface area contributed by atoms with Crippen molar-refractivity contribution in [1.82, 2.24) is 5.32 Å². The first-order valence-corrected chi connectivity index (χ1v) is 8.01. The minimum Gasteiger partial charge on any atom is -0.312 e. The van der Waals surface area contributed by atoms with Crippen LogP contribution in [0.15, 0.2) is 70.9 Å². The van der Waals surface area contributed by atoms with Crippen molar-refractivity contribution < 1.29 is 0 Å². The van der Waals surface area contributed by atoms with Crippen molar-refractivity contribution in [3.8, 4) is 0 Å². The van der Waals surface area contributed by atoms with E-state index in [1.165, 1.54) is 27.9 Å².